The van der Waals surface area contributed by atoms with Crippen LogP contribution in [0, 0.1) is 0 Å². The van der Waals surface area contributed by atoms with Gasteiger partial charge in [-0.3, -0.25) is 0 Å². The summed E-state index contributed by atoms with van der Waals surface area (Å²) in [4.78, 5) is 0. The lowest BCUT2D eigenvalue weighted by molar-refractivity contribution is 0.217. The SMILES string of the molecule is CCC(C)Oc1cccc(NCc2ccc(C(C)(C)C)cc2)c1. The van der Waals surface area contributed by atoms with Gasteiger partial charge >= 0.3 is 0 Å². The molecule has 0 aromatic heterocycles. The highest BCUT2D eigenvalue weighted by atomic mass is 16.5. The number of anilines is 1. The van der Waals surface area contributed by atoms with E-state index in [1.165, 1.54) is 11.1 Å². The molecule has 0 amide bonds. The average Bonchev–Trinajstić information content (AvgIpc) is 2.53. The van der Waals surface area contributed by atoms with E-state index in [0.29, 0.717) is 0 Å². The fraction of sp³-hybridized carbons (Fsp3) is 0.429. The maximum absolute atomic E-state index is 5.87. The van der Waals surface area contributed by atoms with Gasteiger partial charge in [0.2, 0.25) is 0 Å². The van der Waals surface area contributed by atoms with Gasteiger partial charge in [0.05, 0.1) is 6.10 Å². The standard InChI is InChI=1S/C21H29NO/c1-6-16(2)23-20-9-7-8-19(14-20)22-15-17-10-12-18(13-11-17)21(3,4)5/h7-14,16,22H,6,15H2,1-5H3. The van der Waals surface area contributed by atoms with E-state index in [1.54, 1.807) is 0 Å². The number of ether oxygens (including phenoxy) is 1. The van der Waals surface area contributed by atoms with Crippen LogP contribution in [0.4, 0.5) is 5.69 Å². The van der Waals surface area contributed by atoms with Gasteiger partial charge < -0.3 is 10.1 Å². The van der Waals surface area contributed by atoms with E-state index in [1.807, 2.05) is 12.1 Å². The van der Waals surface area contributed by atoms with Gasteiger partial charge in [-0.25, -0.2) is 0 Å². The predicted octanol–water partition coefficient (Wildman–Crippen LogP) is 5.77. The van der Waals surface area contributed by atoms with E-state index in [-0.39, 0.29) is 11.5 Å². The molecule has 0 saturated heterocycles. The molecule has 2 aromatic rings. The zero-order valence-corrected chi connectivity index (χ0v) is 15.0. The molecule has 0 fully saturated rings. The van der Waals surface area contributed by atoms with Crippen LogP contribution in [0.2, 0.25) is 0 Å². The maximum Gasteiger partial charge on any atom is 0.121 e. The van der Waals surface area contributed by atoms with Crippen LogP contribution in [0.25, 0.3) is 0 Å². The topological polar surface area (TPSA) is 21.3 Å². The second kappa shape index (κ2) is 7.54. The fourth-order valence-corrected chi connectivity index (χ4v) is 2.32. The molecule has 0 aliphatic carbocycles. The molecule has 1 unspecified atom stereocenters. The summed E-state index contributed by atoms with van der Waals surface area (Å²) in [7, 11) is 0. The quantitative estimate of drug-likeness (QED) is 0.731. The van der Waals surface area contributed by atoms with Crippen molar-refractivity contribution in [3.8, 4) is 5.75 Å². The zero-order chi connectivity index (χ0) is 16.9. The highest BCUT2D eigenvalue weighted by molar-refractivity contribution is 5.48. The monoisotopic (exact) mass is 311 g/mol. The Morgan fingerprint density at radius 1 is 1.04 bits per heavy atom. The minimum Gasteiger partial charge on any atom is -0.491 e. The smallest absolute Gasteiger partial charge is 0.121 e. The lowest BCUT2D eigenvalue weighted by Crippen LogP contribution is -2.11. The summed E-state index contributed by atoms with van der Waals surface area (Å²) in [5.74, 6) is 0.924. The van der Waals surface area contributed by atoms with Crippen molar-refractivity contribution in [2.75, 3.05) is 5.32 Å². The Balaban J connectivity index is 1.97. The van der Waals surface area contributed by atoms with Crippen LogP contribution in [0.3, 0.4) is 0 Å². The van der Waals surface area contributed by atoms with Crippen molar-refractivity contribution >= 4 is 5.69 Å². The minimum absolute atomic E-state index is 0.202. The molecule has 0 bridgehead atoms. The highest BCUT2D eigenvalue weighted by Gasteiger charge is 2.12. The van der Waals surface area contributed by atoms with Crippen LogP contribution in [-0.2, 0) is 12.0 Å². The summed E-state index contributed by atoms with van der Waals surface area (Å²) in [5.41, 5.74) is 3.94. The van der Waals surface area contributed by atoms with E-state index in [2.05, 4.69) is 76.3 Å². The van der Waals surface area contributed by atoms with Gasteiger partial charge in [0.1, 0.15) is 5.75 Å². The molecule has 0 aliphatic rings. The van der Waals surface area contributed by atoms with E-state index in [9.17, 15) is 0 Å². The zero-order valence-electron chi connectivity index (χ0n) is 15.0. The minimum atomic E-state index is 0.202. The van der Waals surface area contributed by atoms with Crippen molar-refractivity contribution in [1.29, 1.82) is 0 Å². The van der Waals surface area contributed by atoms with E-state index >= 15 is 0 Å². The Labute approximate surface area is 140 Å². The molecule has 1 atom stereocenters. The van der Waals surface area contributed by atoms with Crippen molar-refractivity contribution < 1.29 is 4.74 Å². The molecule has 0 heterocycles. The third-order valence-electron chi connectivity index (χ3n) is 4.06. The fourth-order valence-electron chi connectivity index (χ4n) is 2.32. The van der Waals surface area contributed by atoms with Gasteiger partial charge in [-0.2, -0.15) is 0 Å². The Morgan fingerprint density at radius 3 is 2.35 bits per heavy atom. The summed E-state index contributed by atoms with van der Waals surface area (Å²) in [6.07, 6.45) is 1.26. The molecule has 0 aliphatic heterocycles. The Bertz CT molecular complexity index is 610. The second-order valence-electron chi connectivity index (χ2n) is 7.17. The van der Waals surface area contributed by atoms with Crippen molar-refractivity contribution in [1.82, 2.24) is 0 Å². The normalized spacial score (nSPS) is 12.7. The van der Waals surface area contributed by atoms with Crippen LogP contribution in [0.5, 0.6) is 5.75 Å². The molecule has 2 heteroatoms. The van der Waals surface area contributed by atoms with Gasteiger partial charge in [0, 0.05) is 18.3 Å². The lowest BCUT2D eigenvalue weighted by atomic mass is 9.87. The molecule has 0 spiro atoms. The van der Waals surface area contributed by atoms with Gasteiger partial charge in [-0.15, -0.1) is 0 Å². The molecule has 2 rings (SSSR count). The van der Waals surface area contributed by atoms with Gasteiger partial charge in [-0.1, -0.05) is 58.0 Å². The predicted molar refractivity (Wildman–Crippen MR) is 99.3 cm³/mol. The third kappa shape index (κ3) is 5.31. The Kier molecular flexibility index (Phi) is 5.70. The van der Waals surface area contributed by atoms with Crippen molar-refractivity contribution in [3.63, 3.8) is 0 Å². The number of hydrogen-bond donors (Lipinski definition) is 1. The average molecular weight is 311 g/mol. The number of rotatable bonds is 6. The summed E-state index contributed by atoms with van der Waals surface area (Å²) >= 11 is 0. The first-order chi connectivity index (χ1) is 10.9. The molecule has 2 aromatic carbocycles. The Hall–Kier alpha value is -1.96. The lowest BCUT2D eigenvalue weighted by Gasteiger charge is -2.19. The van der Waals surface area contributed by atoms with E-state index in [0.717, 1.165) is 24.4 Å². The molecule has 124 valence electrons. The van der Waals surface area contributed by atoms with Crippen molar-refractivity contribution in [2.45, 2.75) is 59.1 Å². The van der Waals surface area contributed by atoms with Crippen LogP contribution >= 0.6 is 0 Å². The van der Waals surface area contributed by atoms with Crippen LogP contribution in [0.15, 0.2) is 48.5 Å². The first-order valence-corrected chi connectivity index (χ1v) is 8.48. The summed E-state index contributed by atoms with van der Waals surface area (Å²) in [6.45, 7) is 11.8. The molecular weight excluding hydrogens is 282 g/mol. The molecule has 0 saturated carbocycles. The van der Waals surface area contributed by atoms with Crippen molar-refractivity contribution in [2.24, 2.45) is 0 Å². The van der Waals surface area contributed by atoms with Crippen LogP contribution in [-0.4, -0.2) is 6.10 Å². The molecule has 2 nitrogen and oxygen atoms in total. The van der Waals surface area contributed by atoms with E-state index < -0.39 is 0 Å². The van der Waals surface area contributed by atoms with Gasteiger partial charge in [-0.05, 0) is 42.0 Å². The third-order valence-corrected chi connectivity index (χ3v) is 4.06. The summed E-state index contributed by atoms with van der Waals surface area (Å²) in [6, 6.07) is 17.0. The number of nitrogens with one attached hydrogen (secondary N) is 1. The van der Waals surface area contributed by atoms with Crippen molar-refractivity contribution in [3.05, 3.63) is 59.7 Å². The molecule has 23 heavy (non-hydrogen) atoms. The number of benzene rings is 2. The van der Waals surface area contributed by atoms with Crippen LogP contribution < -0.4 is 10.1 Å². The first kappa shape index (κ1) is 17.4. The first-order valence-electron chi connectivity index (χ1n) is 8.48. The Morgan fingerprint density at radius 2 is 1.74 bits per heavy atom. The molecular formula is C21H29NO. The summed E-state index contributed by atoms with van der Waals surface area (Å²) < 4.78 is 5.87. The van der Waals surface area contributed by atoms with E-state index in [4.69, 9.17) is 4.74 Å². The van der Waals surface area contributed by atoms with Gasteiger partial charge in [0.15, 0.2) is 0 Å². The maximum atomic E-state index is 5.87. The molecule has 1 N–H and O–H groups in total. The second-order valence-corrected chi connectivity index (χ2v) is 7.17. The van der Waals surface area contributed by atoms with Gasteiger partial charge in [0.25, 0.3) is 0 Å². The molecule has 0 radical (unpaired) electrons. The largest absolute Gasteiger partial charge is 0.491 e. The van der Waals surface area contributed by atoms with Crippen LogP contribution in [0.1, 0.15) is 52.2 Å². The summed E-state index contributed by atoms with van der Waals surface area (Å²) in [5, 5.41) is 3.47. The highest BCUT2D eigenvalue weighted by Crippen LogP contribution is 2.23. The number of hydrogen-bond acceptors (Lipinski definition) is 2.